The fourth-order valence-electron chi connectivity index (χ4n) is 5.37. The van der Waals surface area contributed by atoms with Crippen molar-refractivity contribution in [3.63, 3.8) is 0 Å². The lowest BCUT2D eigenvalue weighted by molar-refractivity contribution is -0.127. The van der Waals surface area contributed by atoms with E-state index in [1.54, 1.807) is 26.1 Å². The van der Waals surface area contributed by atoms with E-state index in [0.29, 0.717) is 51.7 Å². The monoisotopic (exact) mass is 601 g/mol. The maximum Gasteiger partial charge on any atom is 0.318 e. The normalized spacial score (nSPS) is 15.3. The lowest BCUT2D eigenvalue weighted by Crippen LogP contribution is -2.37. The van der Waals surface area contributed by atoms with Crippen LogP contribution in [0.1, 0.15) is 17.9 Å². The second-order valence-corrected chi connectivity index (χ2v) is 10.6. The summed E-state index contributed by atoms with van der Waals surface area (Å²) in [5.74, 6) is -1.44. The van der Waals surface area contributed by atoms with Crippen molar-refractivity contribution in [3.8, 4) is 17.3 Å². The number of likely N-dealkylation sites (N-methyl/N-ethyl adjacent to an activating group) is 1. The standard InChI is InChI=1S/C31H26ClF2N7O2/c1-17-35-12-10-19(37-17)14-24(33)30(42)41-13-11-20(16-41)40(2)29-22-15-36-27(26(34)28(22)38-31(39-29)43-3)21-8-4-6-18-7-5-9-23(32)25(18)21/h4-10,12,14-15,20H,11,13,16H2,1-3H3/b24-14-. The number of pyridine rings is 1. The molecule has 0 spiro atoms. The van der Waals surface area contributed by atoms with Gasteiger partial charge >= 0.3 is 6.01 Å². The average Bonchev–Trinajstić information content (AvgIpc) is 3.50. The van der Waals surface area contributed by atoms with Gasteiger partial charge < -0.3 is 14.5 Å². The Balaban J connectivity index is 1.32. The molecular weight excluding hydrogens is 576 g/mol. The molecule has 4 heterocycles. The van der Waals surface area contributed by atoms with Gasteiger partial charge in [0.25, 0.3) is 5.91 Å². The predicted octanol–water partition coefficient (Wildman–Crippen LogP) is 5.79. The summed E-state index contributed by atoms with van der Waals surface area (Å²) in [7, 11) is 3.19. The topological polar surface area (TPSA) is 97.2 Å². The fraction of sp³-hybridized carbons (Fsp3) is 0.226. The first-order chi connectivity index (χ1) is 20.7. The number of aryl methyl sites for hydroxylation is 1. The molecule has 0 N–H and O–H groups in total. The molecule has 1 unspecified atom stereocenters. The number of hydrogen-bond donors (Lipinski definition) is 0. The van der Waals surface area contributed by atoms with Crippen LogP contribution in [0, 0.1) is 12.7 Å². The Morgan fingerprint density at radius 1 is 1.14 bits per heavy atom. The van der Waals surface area contributed by atoms with E-state index in [0.717, 1.165) is 11.5 Å². The minimum Gasteiger partial charge on any atom is -0.467 e. The molecule has 5 aromatic rings. The molecule has 0 saturated carbocycles. The van der Waals surface area contributed by atoms with Gasteiger partial charge in [-0.2, -0.15) is 9.97 Å². The number of fused-ring (bicyclic) bond motifs is 2. The van der Waals surface area contributed by atoms with E-state index in [9.17, 15) is 9.18 Å². The maximum atomic E-state index is 16.2. The van der Waals surface area contributed by atoms with Crippen molar-refractivity contribution < 1.29 is 18.3 Å². The number of benzene rings is 2. The zero-order valence-corrected chi connectivity index (χ0v) is 24.3. The van der Waals surface area contributed by atoms with Crippen molar-refractivity contribution in [1.82, 2.24) is 29.8 Å². The Morgan fingerprint density at radius 2 is 1.93 bits per heavy atom. The van der Waals surface area contributed by atoms with E-state index in [2.05, 4.69) is 24.9 Å². The molecule has 6 rings (SSSR count). The first-order valence-electron chi connectivity index (χ1n) is 13.5. The summed E-state index contributed by atoms with van der Waals surface area (Å²) in [5, 5.41) is 2.38. The second-order valence-electron chi connectivity index (χ2n) is 10.2. The molecule has 218 valence electrons. The minimum absolute atomic E-state index is 0.0265. The Morgan fingerprint density at radius 3 is 2.70 bits per heavy atom. The zero-order chi connectivity index (χ0) is 30.2. The molecule has 0 aliphatic carbocycles. The van der Waals surface area contributed by atoms with Crippen LogP contribution in [0.2, 0.25) is 5.02 Å². The Bertz CT molecular complexity index is 1910. The van der Waals surface area contributed by atoms with Crippen LogP contribution in [0.25, 0.3) is 39.0 Å². The van der Waals surface area contributed by atoms with Gasteiger partial charge in [-0.3, -0.25) is 9.78 Å². The molecular formula is C31H26ClF2N7O2. The molecule has 0 radical (unpaired) electrons. The first kappa shape index (κ1) is 28.4. The molecule has 1 aliphatic heterocycles. The highest BCUT2D eigenvalue weighted by molar-refractivity contribution is 6.36. The van der Waals surface area contributed by atoms with Crippen LogP contribution >= 0.6 is 11.6 Å². The van der Waals surface area contributed by atoms with Crippen LogP contribution in [-0.4, -0.2) is 69.0 Å². The molecule has 12 heteroatoms. The summed E-state index contributed by atoms with van der Waals surface area (Å²) in [6, 6.07) is 12.2. The van der Waals surface area contributed by atoms with E-state index in [1.807, 2.05) is 29.2 Å². The Hall–Kier alpha value is -4.77. The number of nitrogens with zero attached hydrogens (tertiary/aromatic N) is 7. The number of carbonyl (C=O) groups is 1. The van der Waals surface area contributed by atoms with Gasteiger partial charge in [0.05, 0.1) is 18.2 Å². The lowest BCUT2D eigenvalue weighted by Gasteiger charge is -2.27. The van der Waals surface area contributed by atoms with Crippen LogP contribution < -0.4 is 9.64 Å². The highest BCUT2D eigenvalue weighted by atomic mass is 35.5. The number of methoxy groups -OCH3 is 1. The Kier molecular flexibility index (Phi) is 7.57. The maximum absolute atomic E-state index is 16.2. The van der Waals surface area contributed by atoms with Gasteiger partial charge in [-0.25, -0.2) is 18.7 Å². The van der Waals surface area contributed by atoms with Crippen molar-refractivity contribution in [2.75, 3.05) is 32.1 Å². The summed E-state index contributed by atoms with van der Waals surface area (Å²) in [4.78, 5) is 37.6. The number of rotatable bonds is 6. The zero-order valence-electron chi connectivity index (χ0n) is 23.6. The van der Waals surface area contributed by atoms with Crippen LogP contribution in [-0.2, 0) is 4.79 Å². The Labute approximate surface area is 250 Å². The van der Waals surface area contributed by atoms with Gasteiger partial charge in [-0.1, -0.05) is 41.9 Å². The number of amides is 1. The number of aromatic nitrogens is 5. The number of likely N-dealkylation sites (tertiary alicyclic amines) is 1. The summed E-state index contributed by atoms with van der Waals surface area (Å²) < 4.78 is 36.4. The van der Waals surface area contributed by atoms with Gasteiger partial charge in [0.15, 0.2) is 11.6 Å². The molecule has 9 nitrogen and oxygen atoms in total. The number of carbonyl (C=O) groups excluding carboxylic acids is 1. The van der Waals surface area contributed by atoms with Crippen LogP contribution in [0.5, 0.6) is 6.01 Å². The molecule has 1 fully saturated rings. The highest BCUT2D eigenvalue weighted by Gasteiger charge is 2.32. The van der Waals surface area contributed by atoms with Crippen LogP contribution in [0.3, 0.4) is 0 Å². The van der Waals surface area contributed by atoms with E-state index in [1.165, 1.54) is 30.5 Å². The lowest BCUT2D eigenvalue weighted by atomic mass is 10.0. The van der Waals surface area contributed by atoms with Crippen LogP contribution in [0.4, 0.5) is 14.6 Å². The van der Waals surface area contributed by atoms with Gasteiger partial charge in [-0.15, -0.1) is 0 Å². The van der Waals surface area contributed by atoms with Gasteiger partial charge in [0.1, 0.15) is 22.9 Å². The third kappa shape index (κ3) is 5.32. The largest absolute Gasteiger partial charge is 0.467 e. The first-order valence-corrected chi connectivity index (χ1v) is 13.9. The van der Waals surface area contributed by atoms with E-state index < -0.39 is 17.6 Å². The van der Waals surface area contributed by atoms with Gasteiger partial charge in [0, 0.05) is 60.6 Å². The van der Waals surface area contributed by atoms with Crippen LogP contribution in [0.15, 0.2) is 60.7 Å². The smallest absolute Gasteiger partial charge is 0.318 e. The third-order valence-electron chi connectivity index (χ3n) is 7.54. The molecule has 1 aliphatic rings. The molecule has 3 aromatic heterocycles. The van der Waals surface area contributed by atoms with E-state index in [4.69, 9.17) is 16.3 Å². The minimum atomic E-state index is -0.914. The summed E-state index contributed by atoms with van der Waals surface area (Å²) in [5.41, 5.74) is 0.972. The third-order valence-corrected chi connectivity index (χ3v) is 7.86. The van der Waals surface area contributed by atoms with Crippen molar-refractivity contribution in [2.45, 2.75) is 19.4 Å². The predicted molar refractivity (Wildman–Crippen MR) is 161 cm³/mol. The van der Waals surface area contributed by atoms with Gasteiger partial charge in [0.2, 0.25) is 0 Å². The van der Waals surface area contributed by atoms with Crippen molar-refractivity contribution in [2.24, 2.45) is 0 Å². The fourth-order valence-corrected chi connectivity index (χ4v) is 5.66. The molecule has 1 amide bonds. The number of hydrogen-bond acceptors (Lipinski definition) is 8. The number of ether oxygens (including phenoxy) is 1. The van der Waals surface area contributed by atoms with E-state index in [-0.39, 0.29) is 29.8 Å². The number of halogens is 3. The average molecular weight is 602 g/mol. The SMILES string of the molecule is COc1nc(N(C)C2CCN(C(=O)/C(F)=C/c3ccnc(C)n3)C2)c2cnc(-c3cccc4cccc(Cl)c34)c(F)c2n1. The molecule has 43 heavy (non-hydrogen) atoms. The summed E-state index contributed by atoms with van der Waals surface area (Å²) in [6.07, 6.45) is 4.67. The quantitative estimate of drug-likeness (QED) is 0.226. The van der Waals surface area contributed by atoms with Gasteiger partial charge in [-0.05, 0) is 30.9 Å². The molecule has 0 bridgehead atoms. The van der Waals surface area contributed by atoms with Crippen molar-refractivity contribution in [3.05, 3.63) is 83.0 Å². The highest BCUT2D eigenvalue weighted by Crippen LogP contribution is 2.37. The summed E-state index contributed by atoms with van der Waals surface area (Å²) >= 11 is 6.51. The molecule has 1 atom stereocenters. The van der Waals surface area contributed by atoms with E-state index >= 15 is 4.39 Å². The number of anilines is 1. The molecule has 2 aromatic carbocycles. The summed E-state index contributed by atoms with van der Waals surface area (Å²) in [6.45, 7) is 2.25. The second kappa shape index (κ2) is 11.5. The molecule has 1 saturated heterocycles. The van der Waals surface area contributed by atoms with Crippen molar-refractivity contribution in [1.29, 1.82) is 0 Å². The van der Waals surface area contributed by atoms with Crippen molar-refractivity contribution >= 4 is 51.1 Å².